The van der Waals surface area contributed by atoms with E-state index < -0.39 is 41.3 Å². The van der Waals surface area contributed by atoms with E-state index in [1.807, 2.05) is 0 Å². The third-order valence-corrected chi connectivity index (χ3v) is 7.22. The number of benzene rings is 4. The van der Waals surface area contributed by atoms with Gasteiger partial charge in [-0.05, 0) is 83.8 Å². The molecule has 0 aliphatic carbocycles. The highest BCUT2D eigenvalue weighted by molar-refractivity contribution is 6.08. The van der Waals surface area contributed by atoms with Gasteiger partial charge in [-0.3, -0.25) is 9.59 Å². The highest BCUT2D eigenvalue weighted by Gasteiger charge is 2.31. The van der Waals surface area contributed by atoms with Crippen LogP contribution in [0.15, 0.2) is 103 Å². The molecule has 4 aromatic carbocycles. The van der Waals surface area contributed by atoms with Gasteiger partial charge in [0.2, 0.25) is 0 Å². The van der Waals surface area contributed by atoms with Crippen LogP contribution in [0, 0.1) is 0 Å². The summed E-state index contributed by atoms with van der Waals surface area (Å²) in [5, 5.41) is 6.08. The number of aromatic nitrogens is 1. The van der Waals surface area contributed by atoms with E-state index >= 15 is 0 Å². The van der Waals surface area contributed by atoms with E-state index in [0.29, 0.717) is 34.0 Å². The first-order valence-corrected chi connectivity index (χ1v) is 13.8. The fraction of sp³-hybridized carbons (Fsp3) is 0.147. The van der Waals surface area contributed by atoms with Crippen molar-refractivity contribution in [3.63, 3.8) is 0 Å². The van der Waals surface area contributed by atoms with Crippen LogP contribution < -0.4 is 10.6 Å². The second-order valence-electron chi connectivity index (χ2n) is 10.2. The first kappa shape index (κ1) is 31.2. The number of hydrogen-bond acceptors (Lipinski definition) is 3. The van der Waals surface area contributed by atoms with Gasteiger partial charge in [0, 0.05) is 16.5 Å². The van der Waals surface area contributed by atoms with Gasteiger partial charge < -0.3 is 10.6 Å². The molecule has 0 saturated heterocycles. The molecule has 0 aliphatic rings. The van der Waals surface area contributed by atoms with E-state index in [9.17, 15) is 35.9 Å². The minimum Gasteiger partial charge on any atom is -0.345 e. The molecular weight excluding hydrogens is 596 g/mol. The Morgan fingerprint density at radius 3 is 2.13 bits per heavy atom. The number of anilines is 1. The molecular formula is C34H25F6N3O2. The molecule has 5 rings (SSSR count). The summed E-state index contributed by atoms with van der Waals surface area (Å²) >= 11 is 0. The number of fused-ring (bicyclic) bond motifs is 1. The average molecular weight is 622 g/mol. The van der Waals surface area contributed by atoms with E-state index in [4.69, 9.17) is 0 Å². The predicted molar refractivity (Wildman–Crippen MR) is 159 cm³/mol. The van der Waals surface area contributed by atoms with E-state index in [1.165, 1.54) is 30.3 Å². The van der Waals surface area contributed by atoms with E-state index in [-0.39, 0.29) is 16.9 Å². The number of carbonyl (C=O) groups excluding carboxylic acids is 2. The Balaban J connectivity index is 1.32. The number of hydrogen-bond donors (Lipinski definition) is 2. The van der Waals surface area contributed by atoms with Gasteiger partial charge in [-0.15, -0.1) is 0 Å². The van der Waals surface area contributed by atoms with Gasteiger partial charge in [0.25, 0.3) is 11.8 Å². The zero-order valence-electron chi connectivity index (χ0n) is 23.6. The Hall–Kier alpha value is -5.19. The predicted octanol–water partition coefficient (Wildman–Crippen LogP) is 9.07. The zero-order valence-corrected chi connectivity index (χ0v) is 23.6. The summed E-state index contributed by atoms with van der Waals surface area (Å²) in [5.74, 6) is -0.783. The lowest BCUT2D eigenvalue weighted by atomic mass is 9.98. The molecule has 45 heavy (non-hydrogen) atoms. The fourth-order valence-electron chi connectivity index (χ4n) is 4.89. The molecule has 0 spiro atoms. The van der Waals surface area contributed by atoms with Gasteiger partial charge in [-0.2, -0.15) is 26.3 Å². The van der Waals surface area contributed by atoms with Gasteiger partial charge in [0.05, 0.1) is 22.7 Å². The minimum absolute atomic E-state index is 0.211. The summed E-state index contributed by atoms with van der Waals surface area (Å²) in [6.07, 6.45) is -8.61. The van der Waals surface area contributed by atoms with Gasteiger partial charge in [-0.25, -0.2) is 4.98 Å². The van der Waals surface area contributed by atoms with E-state index in [1.54, 1.807) is 55.5 Å². The largest absolute Gasteiger partial charge is 0.416 e. The Morgan fingerprint density at radius 2 is 1.44 bits per heavy atom. The van der Waals surface area contributed by atoms with E-state index in [0.717, 1.165) is 24.3 Å². The van der Waals surface area contributed by atoms with Crippen molar-refractivity contribution < 1.29 is 35.9 Å². The van der Waals surface area contributed by atoms with Crippen molar-refractivity contribution in [3.8, 4) is 11.1 Å². The molecule has 1 aromatic heterocycles. The lowest BCUT2D eigenvalue weighted by Crippen LogP contribution is -2.28. The number of nitrogens with zero attached hydrogens (tertiary/aromatic N) is 1. The van der Waals surface area contributed by atoms with Crippen LogP contribution in [-0.4, -0.2) is 16.8 Å². The maximum atomic E-state index is 13.2. The van der Waals surface area contributed by atoms with Crippen molar-refractivity contribution in [3.05, 3.63) is 131 Å². The third kappa shape index (κ3) is 7.14. The summed E-state index contributed by atoms with van der Waals surface area (Å²) < 4.78 is 78.5. The number of nitrogens with one attached hydrogen (secondary N) is 2. The maximum absolute atomic E-state index is 13.2. The Bertz CT molecular complexity index is 1870. The quantitative estimate of drug-likeness (QED) is 0.178. The summed E-state index contributed by atoms with van der Waals surface area (Å²) in [4.78, 5) is 30.7. The molecule has 2 amide bonds. The Labute approximate surface area is 253 Å². The lowest BCUT2D eigenvalue weighted by Gasteiger charge is -2.19. The first-order chi connectivity index (χ1) is 21.3. The van der Waals surface area contributed by atoms with Crippen LogP contribution in [0.5, 0.6) is 0 Å². The summed E-state index contributed by atoms with van der Waals surface area (Å²) in [6.45, 7) is 1.76. The van der Waals surface area contributed by atoms with Crippen molar-refractivity contribution in [2.75, 3.05) is 5.32 Å². The van der Waals surface area contributed by atoms with Crippen molar-refractivity contribution in [2.24, 2.45) is 0 Å². The van der Waals surface area contributed by atoms with Crippen LogP contribution in [0.4, 0.5) is 32.2 Å². The molecule has 230 valence electrons. The van der Waals surface area contributed by atoms with Crippen molar-refractivity contribution in [2.45, 2.75) is 31.7 Å². The molecule has 2 N–H and O–H groups in total. The van der Waals surface area contributed by atoms with Crippen LogP contribution >= 0.6 is 0 Å². The van der Waals surface area contributed by atoms with Crippen molar-refractivity contribution in [1.29, 1.82) is 0 Å². The molecule has 11 heteroatoms. The highest BCUT2D eigenvalue weighted by atomic mass is 19.4. The first-order valence-electron chi connectivity index (χ1n) is 13.8. The number of amides is 2. The third-order valence-electron chi connectivity index (χ3n) is 7.22. The number of rotatable bonds is 7. The smallest absolute Gasteiger partial charge is 0.345 e. The topological polar surface area (TPSA) is 71.1 Å². The molecule has 0 fully saturated rings. The number of alkyl halides is 6. The molecule has 5 nitrogen and oxygen atoms in total. The number of pyridine rings is 1. The summed E-state index contributed by atoms with van der Waals surface area (Å²) in [6, 6.07) is 23.1. The number of carbonyl (C=O) groups is 2. The van der Waals surface area contributed by atoms with Crippen molar-refractivity contribution in [1.82, 2.24) is 10.3 Å². The van der Waals surface area contributed by atoms with Gasteiger partial charge in [-0.1, -0.05) is 49.4 Å². The summed E-state index contributed by atoms with van der Waals surface area (Å²) in [5.41, 5.74) is 0.591. The number of halogens is 6. The van der Waals surface area contributed by atoms with Crippen LogP contribution in [0.3, 0.4) is 0 Å². The average Bonchev–Trinajstić information content (AvgIpc) is 3.02. The SMILES string of the molecule is CCC(NC(=O)c1ccc2nc(NC(=O)c3ccccc3-c3ccc(C(F)(F)F)cc3)ccc2c1)c1cccc(C(F)(F)F)c1. The van der Waals surface area contributed by atoms with Gasteiger partial charge in [0.1, 0.15) is 5.82 Å². The molecule has 1 atom stereocenters. The van der Waals surface area contributed by atoms with Crippen LogP contribution in [0.1, 0.15) is 56.8 Å². The second kappa shape index (κ2) is 12.4. The molecule has 1 heterocycles. The Morgan fingerprint density at radius 1 is 0.733 bits per heavy atom. The summed E-state index contributed by atoms with van der Waals surface area (Å²) in [7, 11) is 0. The van der Waals surface area contributed by atoms with Crippen LogP contribution in [0.2, 0.25) is 0 Å². The zero-order chi connectivity index (χ0) is 32.4. The molecule has 1 unspecified atom stereocenters. The van der Waals surface area contributed by atoms with Gasteiger partial charge >= 0.3 is 12.4 Å². The molecule has 0 radical (unpaired) electrons. The standard InChI is InChI=1S/C34H25F6N3O2/c1-2-28(21-6-5-7-25(19-21)34(38,39)40)42-31(44)23-12-16-29-22(18-23)13-17-30(41-29)43-32(45)27-9-4-3-8-26(27)20-10-14-24(15-11-20)33(35,36)37/h3-19,28H,2H2,1H3,(H,42,44)(H,41,43,45). The Kier molecular flexibility index (Phi) is 8.63. The lowest BCUT2D eigenvalue weighted by molar-refractivity contribution is -0.138. The highest BCUT2D eigenvalue weighted by Crippen LogP contribution is 2.33. The molecule has 5 aromatic rings. The van der Waals surface area contributed by atoms with Crippen LogP contribution in [-0.2, 0) is 12.4 Å². The minimum atomic E-state index is -4.50. The maximum Gasteiger partial charge on any atom is 0.416 e. The second-order valence-corrected chi connectivity index (χ2v) is 10.2. The molecule has 0 saturated carbocycles. The van der Waals surface area contributed by atoms with E-state index in [2.05, 4.69) is 15.6 Å². The monoisotopic (exact) mass is 621 g/mol. The molecule has 0 bridgehead atoms. The normalized spacial score (nSPS) is 12.5. The van der Waals surface area contributed by atoms with Crippen molar-refractivity contribution >= 4 is 28.5 Å². The van der Waals surface area contributed by atoms with Crippen LogP contribution in [0.25, 0.3) is 22.0 Å². The molecule has 0 aliphatic heterocycles. The van der Waals surface area contributed by atoms with Gasteiger partial charge in [0.15, 0.2) is 0 Å². The fourth-order valence-corrected chi connectivity index (χ4v) is 4.89.